The van der Waals surface area contributed by atoms with E-state index in [0.29, 0.717) is 12.1 Å². The number of nitrogens with zero attached hydrogens (tertiary/aromatic N) is 1. The highest BCUT2D eigenvalue weighted by Gasteiger charge is 2.28. The Morgan fingerprint density at radius 3 is 2.38 bits per heavy atom. The summed E-state index contributed by atoms with van der Waals surface area (Å²) < 4.78 is 27.0. The summed E-state index contributed by atoms with van der Waals surface area (Å²) in [5.74, 6) is -0.0354. The average molecular weight is 353 g/mol. The molecule has 1 aromatic rings. The van der Waals surface area contributed by atoms with Crippen LogP contribution in [0.15, 0.2) is 29.2 Å². The van der Waals surface area contributed by atoms with Crippen molar-refractivity contribution in [1.82, 2.24) is 4.31 Å². The molecule has 5 nitrogen and oxygen atoms in total. The van der Waals surface area contributed by atoms with E-state index in [1.165, 1.54) is 10.7 Å². The van der Waals surface area contributed by atoms with E-state index in [4.69, 9.17) is 0 Å². The van der Waals surface area contributed by atoms with Crippen LogP contribution < -0.4 is 5.32 Å². The molecule has 0 atom stereocenters. The maximum atomic E-state index is 12.7. The lowest BCUT2D eigenvalue weighted by molar-refractivity contribution is -0.116. The van der Waals surface area contributed by atoms with Gasteiger partial charge in [0.1, 0.15) is 0 Å². The van der Waals surface area contributed by atoms with Crippen LogP contribution in [0.5, 0.6) is 0 Å². The molecule has 0 spiro atoms. The Labute approximate surface area is 145 Å². The third-order valence-electron chi connectivity index (χ3n) is 4.66. The van der Waals surface area contributed by atoms with Gasteiger partial charge in [-0.25, -0.2) is 8.42 Å². The number of nitrogens with one attached hydrogen (secondary N) is 1. The minimum absolute atomic E-state index is 0.0354. The number of hydrogen-bond donors (Lipinski definition) is 1. The molecular formula is C18H28N2O3S. The molecule has 1 amide bonds. The molecule has 1 aromatic carbocycles. The summed E-state index contributed by atoms with van der Waals surface area (Å²) in [6.07, 6.45) is 7.55. The van der Waals surface area contributed by atoms with Crippen molar-refractivity contribution in [2.75, 3.05) is 12.4 Å². The second kappa shape index (κ2) is 8.62. The number of carbonyl (C=O) groups excluding carboxylic acids is 1. The second-order valence-electron chi connectivity index (χ2n) is 6.49. The number of hydrogen-bond acceptors (Lipinski definition) is 3. The van der Waals surface area contributed by atoms with E-state index in [0.717, 1.165) is 38.5 Å². The summed E-state index contributed by atoms with van der Waals surface area (Å²) in [4.78, 5) is 12.0. The largest absolute Gasteiger partial charge is 0.326 e. The molecule has 2 rings (SSSR count). The Balaban J connectivity index is 2.04. The highest BCUT2D eigenvalue weighted by atomic mass is 32.2. The highest BCUT2D eigenvalue weighted by Crippen LogP contribution is 2.27. The first-order valence-corrected chi connectivity index (χ1v) is 10.3. The monoisotopic (exact) mass is 352 g/mol. The maximum Gasteiger partial charge on any atom is 0.243 e. The molecule has 0 aliphatic heterocycles. The second-order valence-corrected chi connectivity index (χ2v) is 8.49. The predicted octanol–water partition coefficient (Wildman–Crippen LogP) is 3.77. The molecule has 1 aliphatic carbocycles. The minimum Gasteiger partial charge on any atom is -0.326 e. The molecule has 0 radical (unpaired) electrons. The lowest BCUT2D eigenvalue weighted by Crippen LogP contribution is -2.38. The summed E-state index contributed by atoms with van der Waals surface area (Å²) in [5.41, 5.74) is 0.635. The van der Waals surface area contributed by atoms with Gasteiger partial charge in [-0.05, 0) is 43.5 Å². The molecule has 1 aliphatic rings. The van der Waals surface area contributed by atoms with Crippen molar-refractivity contribution in [2.24, 2.45) is 0 Å². The van der Waals surface area contributed by atoms with Gasteiger partial charge in [-0.15, -0.1) is 0 Å². The quantitative estimate of drug-likeness (QED) is 0.812. The van der Waals surface area contributed by atoms with Crippen molar-refractivity contribution in [3.05, 3.63) is 24.3 Å². The van der Waals surface area contributed by atoms with E-state index >= 15 is 0 Å². The van der Waals surface area contributed by atoms with Crippen molar-refractivity contribution in [3.8, 4) is 0 Å². The molecule has 134 valence electrons. The summed E-state index contributed by atoms with van der Waals surface area (Å²) in [5, 5.41) is 2.80. The van der Waals surface area contributed by atoms with Crippen LogP contribution in [0, 0.1) is 0 Å². The fraction of sp³-hybridized carbons (Fsp3) is 0.611. The summed E-state index contributed by atoms with van der Waals surface area (Å²) >= 11 is 0. The zero-order valence-corrected chi connectivity index (χ0v) is 15.4. The molecule has 1 fully saturated rings. The number of benzene rings is 1. The number of rotatable bonds is 7. The smallest absolute Gasteiger partial charge is 0.243 e. The summed E-state index contributed by atoms with van der Waals surface area (Å²) in [6, 6.07) is 6.56. The van der Waals surface area contributed by atoms with Crippen LogP contribution in [-0.2, 0) is 14.8 Å². The van der Waals surface area contributed by atoms with Crippen molar-refractivity contribution >= 4 is 21.6 Å². The minimum atomic E-state index is -3.48. The zero-order valence-electron chi connectivity index (χ0n) is 14.6. The Kier molecular flexibility index (Phi) is 6.80. The zero-order chi connectivity index (χ0) is 17.6. The van der Waals surface area contributed by atoms with Crippen molar-refractivity contribution in [2.45, 2.75) is 69.2 Å². The first-order valence-electron chi connectivity index (χ1n) is 8.83. The van der Waals surface area contributed by atoms with Crippen LogP contribution in [0.1, 0.15) is 58.3 Å². The van der Waals surface area contributed by atoms with E-state index < -0.39 is 10.0 Å². The normalized spacial score (nSPS) is 16.3. The number of sulfonamides is 1. The van der Waals surface area contributed by atoms with Crippen molar-refractivity contribution in [1.29, 1.82) is 0 Å². The molecule has 0 aromatic heterocycles. The standard InChI is InChI=1S/C18H28N2O3S/c1-3-4-10-18(21)19-15-11-13-17(14-12-15)24(22,23)20(2)16-8-6-5-7-9-16/h11-14,16H,3-10H2,1-2H3,(H,19,21). The topological polar surface area (TPSA) is 66.5 Å². The number of amides is 1. The van der Waals surface area contributed by atoms with Crippen molar-refractivity contribution in [3.63, 3.8) is 0 Å². The third-order valence-corrected chi connectivity index (χ3v) is 6.59. The number of anilines is 1. The molecule has 0 bridgehead atoms. The van der Waals surface area contributed by atoms with E-state index in [1.807, 2.05) is 6.92 Å². The van der Waals surface area contributed by atoms with Gasteiger partial charge in [0.2, 0.25) is 15.9 Å². The first kappa shape index (κ1) is 18.9. The van der Waals surface area contributed by atoms with Gasteiger partial charge < -0.3 is 5.32 Å². The van der Waals surface area contributed by atoms with Crippen LogP contribution in [0.25, 0.3) is 0 Å². The van der Waals surface area contributed by atoms with Gasteiger partial charge in [0.25, 0.3) is 0 Å². The van der Waals surface area contributed by atoms with Gasteiger partial charge in [-0.3, -0.25) is 4.79 Å². The molecule has 1 N–H and O–H groups in total. The Hall–Kier alpha value is -1.40. The van der Waals surface area contributed by atoms with Crippen LogP contribution in [0.2, 0.25) is 0 Å². The molecule has 0 unspecified atom stereocenters. The van der Waals surface area contributed by atoms with Gasteiger partial charge in [-0.2, -0.15) is 4.31 Å². The van der Waals surface area contributed by atoms with E-state index in [-0.39, 0.29) is 16.8 Å². The highest BCUT2D eigenvalue weighted by molar-refractivity contribution is 7.89. The first-order chi connectivity index (χ1) is 11.4. The van der Waals surface area contributed by atoms with Crippen LogP contribution in [0.4, 0.5) is 5.69 Å². The number of unbranched alkanes of at least 4 members (excludes halogenated alkanes) is 1. The van der Waals surface area contributed by atoms with Gasteiger partial charge in [0.05, 0.1) is 4.90 Å². The lowest BCUT2D eigenvalue weighted by atomic mass is 9.96. The predicted molar refractivity (Wildman–Crippen MR) is 96.4 cm³/mol. The van der Waals surface area contributed by atoms with Gasteiger partial charge in [0, 0.05) is 25.2 Å². The van der Waals surface area contributed by atoms with E-state index in [2.05, 4.69) is 5.32 Å². The SMILES string of the molecule is CCCCC(=O)Nc1ccc(S(=O)(=O)N(C)C2CCCCC2)cc1. The van der Waals surface area contributed by atoms with Crippen molar-refractivity contribution < 1.29 is 13.2 Å². The maximum absolute atomic E-state index is 12.7. The van der Waals surface area contributed by atoms with Gasteiger partial charge >= 0.3 is 0 Å². The van der Waals surface area contributed by atoms with E-state index in [9.17, 15) is 13.2 Å². The molecule has 0 heterocycles. The molecule has 24 heavy (non-hydrogen) atoms. The number of carbonyl (C=O) groups is 1. The Morgan fingerprint density at radius 1 is 1.17 bits per heavy atom. The lowest BCUT2D eigenvalue weighted by Gasteiger charge is -2.30. The van der Waals surface area contributed by atoms with Gasteiger partial charge in [-0.1, -0.05) is 32.6 Å². The average Bonchev–Trinajstić information content (AvgIpc) is 2.60. The van der Waals surface area contributed by atoms with Crippen LogP contribution in [0.3, 0.4) is 0 Å². The molecule has 0 saturated heterocycles. The van der Waals surface area contributed by atoms with Crippen LogP contribution in [-0.4, -0.2) is 31.7 Å². The summed E-state index contributed by atoms with van der Waals surface area (Å²) in [6.45, 7) is 2.04. The molecule has 1 saturated carbocycles. The third kappa shape index (κ3) is 4.80. The fourth-order valence-corrected chi connectivity index (χ4v) is 4.49. The molecule has 6 heteroatoms. The summed E-state index contributed by atoms with van der Waals surface area (Å²) in [7, 11) is -1.81. The Morgan fingerprint density at radius 2 is 1.79 bits per heavy atom. The van der Waals surface area contributed by atoms with Gasteiger partial charge in [0.15, 0.2) is 0 Å². The Bertz CT molecular complexity index is 635. The van der Waals surface area contributed by atoms with Crippen LogP contribution >= 0.6 is 0 Å². The van der Waals surface area contributed by atoms with E-state index in [1.54, 1.807) is 31.3 Å². The molecular weight excluding hydrogens is 324 g/mol. The fourth-order valence-electron chi connectivity index (χ4n) is 3.08.